The van der Waals surface area contributed by atoms with Gasteiger partial charge in [0.1, 0.15) is 0 Å². The van der Waals surface area contributed by atoms with E-state index < -0.39 is 0 Å². The van der Waals surface area contributed by atoms with Crippen molar-refractivity contribution < 1.29 is 0 Å². The van der Waals surface area contributed by atoms with Crippen molar-refractivity contribution in [2.45, 2.75) is 0 Å². The highest BCUT2D eigenvalue weighted by atomic mass is 15.2. The minimum atomic E-state index is 0.575. The van der Waals surface area contributed by atoms with Gasteiger partial charge in [-0.25, -0.2) is 9.50 Å². The number of pyridine rings is 1. The largest absolute Gasteiger partial charge is 0.278 e. The fraction of sp³-hybridized carbons (Fsp3) is 0. The second kappa shape index (κ2) is 13.0. The van der Waals surface area contributed by atoms with Crippen molar-refractivity contribution in [3.63, 3.8) is 0 Å². The Bertz CT molecular complexity index is 3170. The van der Waals surface area contributed by atoms with Crippen LogP contribution in [0.5, 0.6) is 0 Å². The Morgan fingerprint density at radius 3 is 1.43 bits per heavy atom. The van der Waals surface area contributed by atoms with Crippen LogP contribution < -0.4 is 0 Å². The summed E-state index contributed by atoms with van der Waals surface area (Å²) in [5.41, 5.74) is 11.5. The van der Waals surface area contributed by atoms with Crippen LogP contribution in [0.2, 0.25) is 0 Å². The number of rotatable bonds is 6. The Labute approximate surface area is 322 Å². The molecule has 4 heterocycles. The number of para-hydroxylation sites is 2. The van der Waals surface area contributed by atoms with Crippen LogP contribution in [-0.2, 0) is 0 Å². The number of fused-ring (bicyclic) bond motifs is 6. The molecule has 11 aromatic rings. The highest BCUT2D eigenvalue weighted by molar-refractivity contribution is 6.13. The Hall–Kier alpha value is -7.70. The summed E-state index contributed by atoms with van der Waals surface area (Å²) in [4.78, 5) is 15.4. The molecule has 6 heteroatoms. The van der Waals surface area contributed by atoms with Gasteiger partial charge in [0.15, 0.2) is 11.6 Å². The Kier molecular flexibility index (Phi) is 7.38. The third kappa shape index (κ3) is 5.11. The standard InChI is InChI=1S/C50H32N6/c1-4-16-33(17-5-1)42-32-51-56-46(35-18-6-2-7-19-35)45(40-24-10-11-25-41(40)47(42)56)34-28-30-37(31-29-34)49-52-48(36-20-8-3-9-21-36)53-50(54-49)55-43-26-14-12-22-38(43)39-23-13-15-27-44(39)55/h1-32H. The van der Waals surface area contributed by atoms with Crippen molar-refractivity contribution in [3.8, 4) is 62.2 Å². The van der Waals surface area contributed by atoms with Crippen LogP contribution >= 0.6 is 0 Å². The molecule has 6 nitrogen and oxygen atoms in total. The normalized spacial score (nSPS) is 11.6. The first kappa shape index (κ1) is 31.8. The van der Waals surface area contributed by atoms with Gasteiger partial charge in [-0.1, -0.05) is 176 Å². The molecule has 262 valence electrons. The second-order valence-electron chi connectivity index (χ2n) is 13.9. The molecule has 7 aromatic carbocycles. The van der Waals surface area contributed by atoms with E-state index in [4.69, 9.17) is 20.1 Å². The van der Waals surface area contributed by atoms with Crippen LogP contribution in [0.3, 0.4) is 0 Å². The molecule has 0 spiro atoms. The molecule has 0 amide bonds. The SMILES string of the molecule is c1ccc(-c2nc(-c3ccc(-c4c(-c5ccccc5)n5ncc(-c6ccccc6)c5c5ccccc45)cc3)nc(-n3c4ccccc4c4ccccc43)n2)cc1. The first-order chi connectivity index (χ1) is 27.8. The lowest BCUT2D eigenvalue weighted by Crippen LogP contribution is -2.06. The molecular weight excluding hydrogens is 685 g/mol. The number of benzene rings is 7. The number of hydrogen-bond donors (Lipinski definition) is 0. The first-order valence-electron chi connectivity index (χ1n) is 18.7. The second-order valence-corrected chi connectivity index (χ2v) is 13.9. The lowest BCUT2D eigenvalue weighted by atomic mass is 9.92. The van der Waals surface area contributed by atoms with Crippen molar-refractivity contribution >= 4 is 38.1 Å². The summed E-state index contributed by atoms with van der Waals surface area (Å²) in [6, 6.07) is 65.3. The quantitative estimate of drug-likeness (QED) is 0.172. The van der Waals surface area contributed by atoms with Crippen LogP contribution in [0.4, 0.5) is 0 Å². The number of nitrogens with zero attached hydrogens (tertiary/aromatic N) is 6. The molecule has 0 atom stereocenters. The third-order valence-electron chi connectivity index (χ3n) is 10.7. The Morgan fingerprint density at radius 1 is 0.357 bits per heavy atom. The van der Waals surface area contributed by atoms with Crippen molar-refractivity contribution in [3.05, 3.63) is 194 Å². The average Bonchev–Trinajstić information content (AvgIpc) is 3.87. The summed E-state index contributed by atoms with van der Waals surface area (Å²) < 4.78 is 4.28. The summed E-state index contributed by atoms with van der Waals surface area (Å²) in [7, 11) is 0. The fourth-order valence-electron chi connectivity index (χ4n) is 8.14. The van der Waals surface area contributed by atoms with Crippen LogP contribution in [0, 0.1) is 0 Å². The van der Waals surface area contributed by atoms with Crippen LogP contribution in [0.1, 0.15) is 0 Å². The van der Waals surface area contributed by atoms with Crippen molar-refractivity contribution in [2.75, 3.05) is 0 Å². The summed E-state index contributed by atoms with van der Waals surface area (Å²) in [5, 5.41) is 9.68. The zero-order chi connectivity index (χ0) is 37.0. The maximum Gasteiger partial charge on any atom is 0.238 e. The molecule has 0 aliphatic heterocycles. The molecule has 0 saturated heterocycles. The molecule has 0 unspecified atom stereocenters. The van der Waals surface area contributed by atoms with Crippen LogP contribution in [-0.4, -0.2) is 29.1 Å². The Morgan fingerprint density at radius 2 is 0.821 bits per heavy atom. The molecule has 56 heavy (non-hydrogen) atoms. The number of aromatic nitrogens is 6. The van der Waals surface area contributed by atoms with Gasteiger partial charge in [0, 0.05) is 44.0 Å². The number of hydrogen-bond acceptors (Lipinski definition) is 4. The van der Waals surface area contributed by atoms with Gasteiger partial charge in [0.05, 0.1) is 28.4 Å². The topological polar surface area (TPSA) is 60.9 Å². The summed E-state index contributed by atoms with van der Waals surface area (Å²) in [6.07, 6.45) is 2.00. The van der Waals surface area contributed by atoms with Gasteiger partial charge >= 0.3 is 0 Å². The van der Waals surface area contributed by atoms with E-state index in [0.717, 1.165) is 82.7 Å². The lowest BCUT2D eigenvalue weighted by molar-refractivity contribution is 0.953. The molecular formula is C50H32N6. The van der Waals surface area contributed by atoms with E-state index in [1.54, 1.807) is 0 Å². The average molecular weight is 717 g/mol. The summed E-state index contributed by atoms with van der Waals surface area (Å²) in [6.45, 7) is 0. The van der Waals surface area contributed by atoms with Crippen LogP contribution in [0.25, 0.3) is 100 Å². The molecule has 0 radical (unpaired) electrons. The molecule has 0 saturated carbocycles. The van der Waals surface area contributed by atoms with Gasteiger partial charge in [-0.15, -0.1) is 0 Å². The van der Waals surface area contributed by atoms with E-state index in [0.29, 0.717) is 17.6 Å². The lowest BCUT2D eigenvalue weighted by Gasteiger charge is -2.18. The monoisotopic (exact) mass is 716 g/mol. The third-order valence-corrected chi connectivity index (χ3v) is 10.7. The predicted molar refractivity (Wildman–Crippen MR) is 228 cm³/mol. The van der Waals surface area contributed by atoms with Gasteiger partial charge in [0.25, 0.3) is 0 Å². The Balaban J connectivity index is 1.12. The highest BCUT2D eigenvalue weighted by Gasteiger charge is 2.22. The van der Waals surface area contributed by atoms with Crippen molar-refractivity contribution in [2.24, 2.45) is 0 Å². The smallest absolute Gasteiger partial charge is 0.238 e. The van der Waals surface area contributed by atoms with Crippen molar-refractivity contribution in [1.29, 1.82) is 0 Å². The van der Waals surface area contributed by atoms with E-state index in [1.165, 1.54) is 0 Å². The first-order valence-corrected chi connectivity index (χ1v) is 18.7. The molecule has 11 rings (SSSR count). The van der Waals surface area contributed by atoms with Crippen molar-refractivity contribution in [1.82, 2.24) is 29.1 Å². The molecule has 0 aliphatic carbocycles. The van der Waals surface area contributed by atoms with E-state index in [1.807, 2.05) is 36.5 Å². The van der Waals surface area contributed by atoms with Gasteiger partial charge in [-0.2, -0.15) is 15.1 Å². The predicted octanol–water partition coefficient (Wildman–Crippen LogP) is 12.1. The van der Waals surface area contributed by atoms with E-state index >= 15 is 0 Å². The minimum absolute atomic E-state index is 0.575. The minimum Gasteiger partial charge on any atom is -0.278 e. The van der Waals surface area contributed by atoms with Crippen LogP contribution in [0.15, 0.2) is 194 Å². The zero-order valence-electron chi connectivity index (χ0n) is 30.2. The maximum absolute atomic E-state index is 5.19. The van der Waals surface area contributed by atoms with E-state index in [2.05, 4.69) is 167 Å². The molecule has 0 fully saturated rings. The van der Waals surface area contributed by atoms with Gasteiger partial charge in [0.2, 0.25) is 5.95 Å². The van der Waals surface area contributed by atoms with E-state index in [9.17, 15) is 0 Å². The summed E-state index contributed by atoms with van der Waals surface area (Å²) >= 11 is 0. The van der Waals surface area contributed by atoms with Gasteiger partial charge < -0.3 is 0 Å². The molecule has 4 aromatic heterocycles. The van der Waals surface area contributed by atoms with Gasteiger partial charge in [-0.05, 0) is 28.6 Å². The van der Waals surface area contributed by atoms with E-state index in [-0.39, 0.29) is 0 Å². The molecule has 0 aliphatic rings. The highest BCUT2D eigenvalue weighted by Crippen LogP contribution is 2.43. The van der Waals surface area contributed by atoms with Gasteiger partial charge in [-0.3, -0.25) is 4.57 Å². The zero-order valence-corrected chi connectivity index (χ0v) is 30.2. The molecule has 0 N–H and O–H groups in total. The fourth-order valence-corrected chi connectivity index (χ4v) is 8.14. The maximum atomic E-state index is 5.19. The molecule has 0 bridgehead atoms. The summed E-state index contributed by atoms with van der Waals surface area (Å²) in [5.74, 6) is 1.80.